The number of amides is 2. The summed E-state index contributed by atoms with van der Waals surface area (Å²) in [6, 6.07) is -0.511. The first-order valence-electron chi connectivity index (χ1n) is 9.43. The first-order valence-corrected chi connectivity index (χ1v) is 8.72. The van der Waals surface area contributed by atoms with Crippen LogP contribution in [0.15, 0.2) is 12.2 Å². The molecule has 1 aliphatic carbocycles. The molecule has 2 amide bonds. The second kappa shape index (κ2) is 8.85. The number of ether oxygens (including phenoxy) is 1. The van der Waals surface area contributed by atoms with E-state index in [0.29, 0.717) is 13.0 Å². The maximum Gasteiger partial charge on any atom is 0.410 e. The zero-order valence-corrected chi connectivity index (χ0v) is 14.4. The Labute approximate surface area is 145 Å². The summed E-state index contributed by atoms with van der Waals surface area (Å²) in [7, 11) is 1.53. The van der Waals surface area contributed by atoms with Crippen molar-refractivity contribution in [1.82, 2.24) is 9.80 Å². The van der Waals surface area contributed by atoms with Crippen molar-refractivity contribution in [3.8, 4) is 0 Å². The van der Waals surface area contributed by atoms with Gasteiger partial charge in [-0.05, 0) is 51.5 Å². The van der Waals surface area contributed by atoms with E-state index in [0.717, 1.165) is 32.1 Å². The number of hydrogen-bond donors (Lipinski definition) is 0. The lowest BCUT2D eigenvalue weighted by Crippen LogP contribution is -2.45. The number of likely N-dealkylation sites (N-methyl/N-ethyl adjacent to an activating group) is 1. The maximum absolute atomic E-state index is 12.4. The number of allylic oxidation sites excluding steroid dienone is 1. The lowest BCUT2D eigenvalue weighted by atomic mass is 10.0. The molecule has 0 N–H and O–H groups in total. The van der Waals surface area contributed by atoms with E-state index in [2.05, 4.69) is 0 Å². The van der Waals surface area contributed by atoms with Gasteiger partial charge in [0.2, 0.25) is 5.91 Å². The quantitative estimate of drug-likeness (QED) is 0.739. The van der Waals surface area contributed by atoms with Crippen LogP contribution in [0.2, 0.25) is 0 Å². The van der Waals surface area contributed by atoms with Crippen molar-refractivity contribution in [2.75, 3.05) is 20.1 Å². The minimum atomic E-state index is -0.522. The van der Waals surface area contributed by atoms with Crippen LogP contribution >= 0.6 is 0 Å². The summed E-state index contributed by atoms with van der Waals surface area (Å²) in [6.45, 7) is 0.0703. The Bertz CT molecular complexity index is 523. The molecule has 0 aromatic rings. The number of carbonyl (C=O) groups is 3. The molecule has 0 aromatic carbocycles. The molecule has 0 aromatic heterocycles. The normalized spacial score (nSPS) is 26.0. The second-order valence-corrected chi connectivity index (χ2v) is 6.56. The third-order valence-electron chi connectivity index (χ3n) is 4.59. The van der Waals surface area contributed by atoms with E-state index in [1.54, 1.807) is 0 Å². The van der Waals surface area contributed by atoms with Gasteiger partial charge in [-0.25, -0.2) is 4.79 Å². The molecular formula is C18H28N2O4. The molecule has 24 heavy (non-hydrogen) atoms. The zero-order chi connectivity index (χ0) is 18.2. The van der Waals surface area contributed by atoms with Crippen LogP contribution in [-0.4, -0.2) is 59.9 Å². The number of Topliss-reactive ketones (excluding diaryl/α,β-unsaturated/α-hetero) is 1. The largest absolute Gasteiger partial charge is 0.442 e. The van der Waals surface area contributed by atoms with Crippen molar-refractivity contribution >= 4 is 17.8 Å². The lowest BCUT2D eigenvalue weighted by molar-refractivity contribution is -0.137. The first-order chi connectivity index (χ1) is 12.0. The van der Waals surface area contributed by atoms with Crippen LogP contribution in [-0.2, 0) is 14.3 Å². The van der Waals surface area contributed by atoms with Crippen molar-refractivity contribution < 1.29 is 20.5 Å². The molecule has 2 aliphatic rings. The fraction of sp³-hybridized carbons (Fsp3) is 0.722. The van der Waals surface area contributed by atoms with Gasteiger partial charge in [0.15, 0.2) is 5.78 Å². The highest BCUT2D eigenvalue weighted by atomic mass is 16.6. The summed E-state index contributed by atoms with van der Waals surface area (Å²) in [5.41, 5.74) is 0. The lowest BCUT2D eigenvalue weighted by Gasteiger charge is -2.26. The summed E-state index contributed by atoms with van der Waals surface area (Å²) < 4.78 is 12.7. The van der Waals surface area contributed by atoms with Crippen LogP contribution in [0, 0.1) is 0 Å². The fourth-order valence-corrected chi connectivity index (χ4v) is 3.20. The monoisotopic (exact) mass is 337 g/mol. The van der Waals surface area contributed by atoms with Crippen LogP contribution in [0.1, 0.15) is 53.2 Å². The Balaban J connectivity index is 1.86. The molecule has 6 heteroatoms. The Hall–Kier alpha value is -1.85. The van der Waals surface area contributed by atoms with Crippen molar-refractivity contribution in [1.29, 1.82) is 0 Å². The summed E-state index contributed by atoms with van der Waals surface area (Å²) in [5.74, 6) is -0.507. The third-order valence-corrected chi connectivity index (χ3v) is 4.59. The number of rotatable bonds is 4. The minimum Gasteiger partial charge on any atom is -0.442 e. The van der Waals surface area contributed by atoms with Crippen molar-refractivity contribution in [3.05, 3.63) is 12.2 Å². The van der Waals surface area contributed by atoms with Crippen molar-refractivity contribution in [2.24, 2.45) is 0 Å². The van der Waals surface area contributed by atoms with Crippen molar-refractivity contribution in [2.45, 2.75) is 64.0 Å². The molecule has 0 spiro atoms. The molecule has 1 aliphatic heterocycles. The molecule has 0 radical (unpaired) electrons. The van der Waals surface area contributed by atoms with E-state index in [4.69, 9.17) is 6.11 Å². The molecule has 2 atom stereocenters. The molecule has 1 heterocycles. The van der Waals surface area contributed by atoms with Gasteiger partial charge in [-0.3, -0.25) is 9.59 Å². The molecule has 0 bridgehead atoms. The van der Waals surface area contributed by atoms with E-state index >= 15 is 0 Å². The number of carbonyl (C=O) groups excluding carboxylic acids is 3. The first kappa shape index (κ1) is 17.0. The average molecular weight is 337 g/mol. The Morgan fingerprint density at radius 1 is 1.25 bits per heavy atom. The molecule has 134 valence electrons. The highest BCUT2D eigenvalue weighted by Gasteiger charge is 2.32. The van der Waals surface area contributed by atoms with Gasteiger partial charge in [0, 0.05) is 15.0 Å². The molecule has 2 unspecified atom stereocenters. The summed E-state index contributed by atoms with van der Waals surface area (Å²) in [5, 5.41) is 0. The van der Waals surface area contributed by atoms with Gasteiger partial charge >= 0.3 is 6.09 Å². The second-order valence-electron chi connectivity index (χ2n) is 6.56. The van der Waals surface area contributed by atoms with E-state index in [9.17, 15) is 14.4 Å². The molecule has 6 nitrogen and oxygen atoms in total. The van der Waals surface area contributed by atoms with Crippen LogP contribution in [0.25, 0.3) is 0 Å². The Morgan fingerprint density at radius 2 is 2.08 bits per heavy atom. The Morgan fingerprint density at radius 3 is 2.88 bits per heavy atom. The molecule has 1 fully saturated rings. The number of likely N-dealkylation sites (tertiary alicyclic amines) is 1. The van der Waals surface area contributed by atoms with Crippen LogP contribution in [0.3, 0.4) is 0 Å². The highest BCUT2D eigenvalue weighted by molar-refractivity contribution is 5.89. The van der Waals surface area contributed by atoms with Gasteiger partial charge < -0.3 is 14.5 Å². The van der Waals surface area contributed by atoms with E-state index in [1.807, 2.05) is 12.2 Å². The van der Waals surface area contributed by atoms with E-state index in [1.165, 1.54) is 23.3 Å². The van der Waals surface area contributed by atoms with Crippen molar-refractivity contribution in [3.63, 3.8) is 0 Å². The van der Waals surface area contributed by atoms with E-state index < -0.39 is 12.1 Å². The number of nitrogens with zero attached hydrogens (tertiary/aromatic N) is 2. The van der Waals surface area contributed by atoms with Crippen LogP contribution < -0.4 is 0 Å². The van der Waals surface area contributed by atoms with Gasteiger partial charge in [-0.1, -0.05) is 12.5 Å². The van der Waals surface area contributed by atoms with Gasteiger partial charge in [0.25, 0.3) is 0 Å². The smallest absolute Gasteiger partial charge is 0.410 e. The third kappa shape index (κ3) is 5.08. The topological polar surface area (TPSA) is 66.9 Å². The van der Waals surface area contributed by atoms with Gasteiger partial charge in [-0.15, -0.1) is 0 Å². The van der Waals surface area contributed by atoms with Gasteiger partial charge in [0.05, 0.1) is 6.04 Å². The predicted octanol–water partition coefficient (Wildman–Crippen LogP) is 2.52. The van der Waals surface area contributed by atoms with Crippen LogP contribution in [0.5, 0.6) is 0 Å². The molecule has 0 saturated carbocycles. The minimum absolute atomic E-state index is 0.114. The summed E-state index contributed by atoms with van der Waals surface area (Å²) >= 11 is 0. The number of hydrogen-bond acceptors (Lipinski definition) is 4. The summed E-state index contributed by atoms with van der Waals surface area (Å²) in [6.07, 6.45) is 9.69. The zero-order valence-electron chi connectivity index (χ0n) is 15.4. The standard InChI is InChI=1S/C18H28N2O4/c1-14(21)16-11-8-12-20(16)17(22)13-19(2)18(23)24-15-9-6-4-3-5-7-10-15/h6,9,15-16H,3-5,7-8,10-13H2,1-2H3/b9-6+/i1D. The van der Waals surface area contributed by atoms with Gasteiger partial charge in [0.1, 0.15) is 12.6 Å². The average Bonchev–Trinajstić information content (AvgIpc) is 3.06. The fourth-order valence-electron chi connectivity index (χ4n) is 3.20. The molecule has 2 rings (SSSR count). The van der Waals surface area contributed by atoms with Gasteiger partial charge in [-0.2, -0.15) is 0 Å². The van der Waals surface area contributed by atoms with E-state index in [-0.39, 0.29) is 31.2 Å². The molecule has 1 saturated heterocycles. The number of ketones is 1. The predicted molar refractivity (Wildman–Crippen MR) is 90.5 cm³/mol. The SMILES string of the molecule is [2H]CC(=O)C1CCCN1C(=O)CN(C)C(=O)OC1/C=C/CCCCC1. The highest BCUT2D eigenvalue weighted by Crippen LogP contribution is 2.19. The Kier molecular flexibility index (Phi) is 6.26. The summed E-state index contributed by atoms with van der Waals surface area (Å²) in [4.78, 5) is 39.2. The van der Waals surface area contributed by atoms with Crippen LogP contribution in [0.4, 0.5) is 4.79 Å². The molecular weight excluding hydrogens is 308 g/mol. The maximum atomic E-state index is 12.4.